The molecular weight excluding hydrogens is 230 g/mol. The second-order valence-electron chi connectivity index (χ2n) is 5.66. The summed E-state index contributed by atoms with van der Waals surface area (Å²) in [6.45, 7) is 0. The summed E-state index contributed by atoms with van der Waals surface area (Å²) in [6.07, 6.45) is 3.57. The summed E-state index contributed by atoms with van der Waals surface area (Å²) in [5.74, 6) is 0.745. The number of pyridine rings is 1. The summed E-state index contributed by atoms with van der Waals surface area (Å²) in [5.41, 5.74) is 4.38. The third kappa shape index (κ3) is 1.18. The second kappa shape index (κ2) is 3.24. The van der Waals surface area contributed by atoms with Gasteiger partial charge < -0.3 is 0 Å². The molecule has 2 aliphatic rings. The molecule has 90 valence electrons. The maximum Gasteiger partial charge on any atom is 0.220 e. The molecule has 2 heterocycles. The molecule has 0 bridgehead atoms. The molecule has 1 nitrogen and oxygen atoms in total. The zero-order valence-electron chi connectivity index (χ0n) is 10.6. The first-order chi connectivity index (χ1) is 9.43. The molecule has 1 aliphatic heterocycles. The molecule has 0 radical (unpaired) electrons. The van der Waals surface area contributed by atoms with Crippen LogP contribution in [0.5, 0.6) is 0 Å². The van der Waals surface area contributed by atoms with Crippen LogP contribution in [0.4, 0.5) is 0 Å². The lowest BCUT2D eigenvalue weighted by molar-refractivity contribution is -0.691. The van der Waals surface area contributed by atoms with Gasteiger partial charge in [0.2, 0.25) is 5.69 Å². The Bertz CT molecular complexity index is 819. The van der Waals surface area contributed by atoms with E-state index in [2.05, 4.69) is 65.4 Å². The molecule has 0 spiro atoms. The Kier molecular flexibility index (Phi) is 1.66. The number of aromatic nitrogens is 1. The molecule has 1 heteroatoms. The summed E-state index contributed by atoms with van der Waals surface area (Å²) < 4.78 is 2.50. The molecule has 0 saturated heterocycles. The zero-order chi connectivity index (χ0) is 12.4. The molecule has 1 saturated carbocycles. The van der Waals surface area contributed by atoms with E-state index in [-0.39, 0.29) is 0 Å². The third-order valence-corrected chi connectivity index (χ3v) is 4.62. The second-order valence-corrected chi connectivity index (χ2v) is 5.66. The van der Waals surface area contributed by atoms with Crippen molar-refractivity contribution >= 4 is 10.8 Å². The Balaban J connectivity index is 1.97. The molecule has 0 amide bonds. The molecule has 2 atom stereocenters. The van der Waals surface area contributed by atoms with E-state index in [0.717, 1.165) is 5.92 Å². The Morgan fingerprint density at radius 2 is 1.74 bits per heavy atom. The minimum Gasteiger partial charge on any atom is -0.194 e. The van der Waals surface area contributed by atoms with Gasteiger partial charge in [0, 0.05) is 12.5 Å². The summed E-state index contributed by atoms with van der Waals surface area (Å²) in [7, 11) is 0. The normalized spacial score (nSPS) is 22.5. The van der Waals surface area contributed by atoms with E-state index in [1.54, 1.807) is 5.56 Å². The van der Waals surface area contributed by atoms with Crippen LogP contribution < -0.4 is 4.57 Å². The highest BCUT2D eigenvalue weighted by atomic mass is 15.1. The molecule has 2 aromatic carbocycles. The fourth-order valence-electron chi connectivity index (χ4n) is 3.65. The quantitative estimate of drug-likeness (QED) is 0.529. The van der Waals surface area contributed by atoms with Crippen molar-refractivity contribution in [3.63, 3.8) is 0 Å². The molecule has 2 unspecified atom stereocenters. The van der Waals surface area contributed by atoms with Gasteiger partial charge in [-0.25, -0.2) is 0 Å². The number of fused-ring (bicyclic) bond motifs is 8. The highest BCUT2D eigenvalue weighted by Crippen LogP contribution is 2.54. The number of hydrogen-bond donors (Lipinski definition) is 0. The fourth-order valence-corrected chi connectivity index (χ4v) is 3.65. The third-order valence-electron chi connectivity index (χ3n) is 4.62. The van der Waals surface area contributed by atoms with Crippen LogP contribution in [0.3, 0.4) is 0 Å². The lowest BCUT2D eigenvalue weighted by Crippen LogP contribution is -2.37. The van der Waals surface area contributed by atoms with Crippen LogP contribution in [0.25, 0.3) is 22.0 Å². The lowest BCUT2D eigenvalue weighted by atomic mass is 9.94. The Labute approximate surface area is 112 Å². The van der Waals surface area contributed by atoms with Crippen molar-refractivity contribution in [1.29, 1.82) is 0 Å². The Morgan fingerprint density at radius 3 is 2.74 bits per heavy atom. The Morgan fingerprint density at radius 1 is 0.895 bits per heavy atom. The summed E-state index contributed by atoms with van der Waals surface area (Å²) in [5, 5.41) is 2.71. The molecule has 1 aromatic heterocycles. The minimum absolute atomic E-state index is 0.689. The van der Waals surface area contributed by atoms with Gasteiger partial charge in [0.05, 0.1) is 16.9 Å². The van der Waals surface area contributed by atoms with Crippen LogP contribution in [-0.4, -0.2) is 0 Å². The predicted molar refractivity (Wildman–Crippen MR) is 76.0 cm³/mol. The van der Waals surface area contributed by atoms with Gasteiger partial charge in [-0.05, 0) is 23.1 Å². The highest BCUT2D eigenvalue weighted by molar-refractivity contribution is 5.94. The van der Waals surface area contributed by atoms with E-state index in [1.165, 1.54) is 28.5 Å². The monoisotopic (exact) mass is 244 g/mol. The molecular formula is C18H14N+. The predicted octanol–water partition coefficient (Wildman–Crippen LogP) is 3.84. The van der Waals surface area contributed by atoms with E-state index in [1.807, 2.05) is 0 Å². The molecule has 3 aromatic rings. The van der Waals surface area contributed by atoms with E-state index in [4.69, 9.17) is 0 Å². The number of rotatable bonds is 0. The SMILES string of the molecule is c1ccc2c(c1)-c1c3ccccc3cc[n+]1C1CC21. The minimum atomic E-state index is 0.689. The van der Waals surface area contributed by atoms with Gasteiger partial charge in [0.25, 0.3) is 0 Å². The van der Waals surface area contributed by atoms with Gasteiger partial charge in [0.1, 0.15) is 0 Å². The lowest BCUT2D eigenvalue weighted by Gasteiger charge is -2.15. The first kappa shape index (κ1) is 9.74. The smallest absolute Gasteiger partial charge is 0.194 e. The zero-order valence-corrected chi connectivity index (χ0v) is 10.6. The van der Waals surface area contributed by atoms with Crippen LogP contribution in [0.2, 0.25) is 0 Å². The average Bonchev–Trinajstić information content (AvgIpc) is 3.27. The van der Waals surface area contributed by atoms with Crippen molar-refractivity contribution in [3.05, 3.63) is 66.4 Å². The van der Waals surface area contributed by atoms with Gasteiger partial charge in [0.15, 0.2) is 12.2 Å². The van der Waals surface area contributed by atoms with Crippen molar-refractivity contribution in [1.82, 2.24) is 0 Å². The van der Waals surface area contributed by atoms with E-state index in [9.17, 15) is 0 Å². The maximum atomic E-state index is 2.50. The van der Waals surface area contributed by atoms with E-state index in [0.29, 0.717) is 6.04 Å². The van der Waals surface area contributed by atoms with Crippen molar-refractivity contribution in [2.45, 2.75) is 18.4 Å². The van der Waals surface area contributed by atoms with Gasteiger partial charge in [-0.2, -0.15) is 4.57 Å². The molecule has 0 N–H and O–H groups in total. The van der Waals surface area contributed by atoms with Crippen molar-refractivity contribution in [3.8, 4) is 11.3 Å². The molecule has 5 rings (SSSR count). The van der Waals surface area contributed by atoms with Crippen molar-refractivity contribution in [2.24, 2.45) is 0 Å². The van der Waals surface area contributed by atoms with Crippen LogP contribution >= 0.6 is 0 Å². The first-order valence-corrected chi connectivity index (χ1v) is 6.96. The summed E-state index contributed by atoms with van der Waals surface area (Å²) in [6, 6.07) is 20.6. The van der Waals surface area contributed by atoms with Crippen LogP contribution in [0.1, 0.15) is 23.9 Å². The number of nitrogens with zero attached hydrogens (tertiary/aromatic N) is 1. The van der Waals surface area contributed by atoms with Gasteiger partial charge >= 0.3 is 0 Å². The average molecular weight is 244 g/mol. The standard InChI is InChI=1S/C18H14N/c1-2-6-13-12(5-1)9-10-19-17-11-16(17)14-7-3-4-8-15(14)18(13)19/h1-10,16-17H,11H2/q+1. The highest BCUT2D eigenvalue weighted by Gasteiger charge is 2.52. The van der Waals surface area contributed by atoms with Crippen molar-refractivity contribution < 1.29 is 4.57 Å². The van der Waals surface area contributed by atoms with Crippen LogP contribution in [0, 0.1) is 0 Å². The van der Waals surface area contributed by atoms with Gasteiger partial charge in [-0.3, -0.25) is 0 Å². The largest absolute Gasteiger partial charge is 0.220 e. The van der Waals surface area contributed by atoms with E-state index < -0.39 is 0 Å². The number of hydrogen-bond acceptors (Lipinski definition) is 0. The van der Waals surface area contributed by atoms with Crippen molar-refractivity contribution in [2.75, 3.05) is 0 Å². The van der Waals surface area contributed by atoms with Crippen LogP contribution in [0.15, 0.2) is 60.8 Å². The molecule has 1 fully saturated rings. The topological polar surface area (TPSA) is 3.88 Å². The summed E-state index contributed by atoms with van der Waals surface area (Å²) >= 11 is 0. The first-order valence-electron chi connectivity index (χ1n) is 6.96. The Hall–Kier alpha value is -2.15. The van der Waals surface area contributed by atoms with Gasteiger partial charge in [-0.1, -0.05) is 36.4 Å². The van der Waals surface area contributed by atoms with Gasteiger partial charge in [-0.15, -0.1) is 0 Å². The summed E-state index contributed by atoms with van der Waals surface area (Å²) in [4.78, 5) is 0. The molecule has 19 heavy (non-hydrogen) atoms. The van der Waals surface area contributed by atoms with Crippen LogP contribution in [-0.2, 0) is 0 Å². The molecule has 1 aliphatic carbocycles. The number of benzene rings is 2. The maximum absolute atomic E-state index is 2.50. The fraction of sp³-hybridized carbons (Fsp3) is 0.167. The van der Waals surface area contributed by atoms with E-state index >= 15 is 0 Å².